The van der Waals surface area contributed by atoms with Crippen LogP contribution in [0.1, 0.15) is 30.1 Å². The van der Waals surface area contributed by atoms with E-state index in [1.54, 1.807) is 12.1 Å². The van der Waals surface area contributed by atoms with Crippen molar-refractivity contribution >= 4 is 23.7 Å². The number of hydrogen-bond acceptors (Lipinski definition) is 5. The SMILES string of the molecule is C[C@H](OC(=O)CCC(=O)c1ccc(-c2ccccc2)cc1)C(=O)NC(N)=O. The Bertz CT molecular complexity index is 831. The van der Waals surface area contributed by atoms with Crippen molar-refractivity contribution in [2.75, 3.05) is 0 Å². The summed E-state index contributed by atoms with van der Waals surface area (Å²) in [5.74, 6) is -1.74. The van der Waals surface area contributed by atoms with Crippen LogP contribution in [0, 0.1) is 0 Å². The van der Waals surface area contributed by atoms with Crippen molar-refractivity contribution in [3.63, 3.8) is 0 Å². The summed E-state index contributed by atoms with van der Waals surface area (Å²) in [6, 6.07) is 15.8. The van der Waals surface area contributed by atoms with Gasteiger partial charge in [0.15, 0.2) is 11.9 Å². The predicted octanol–water partition coefficient (Wildman–Crippen LogP) is 2.44. The minimum Gasteiger partial charge on any atom is -0.453 e. The number of nitrogens with two attached hydrogens (primary N) is 1. The quantitative estimate of drug-likeness (QED) is 0.575. The molecule has 27 heavy (non-hydrogen) atoms. The maximum Gasteiger partial charge on any atom is 0.318 e. The molecule has 0 heterocycles. The smallest absolute Gasteiger partial charge is 0.318 e. The number of ketones is 1. The molecule has 140 valence electrons. The summed E-state index contributed by atoms with van der Waals surface area (Å²) in [5.41, 5.74) is 7.34. The molecule has 3 N–H and O–H groups in total. The lowest BCUT2D eigenvalue weighted by Gasteiger charge is -2.11. The number of urea groups is 1. The van der Waals surface area contributed by atoms with Crippen LogP contribution in [0.3, 0.4) is 0 Å². The highest BCUT2D eigenvalue weighted by Gasteiger charge is 2.19. The van der Waals surface area contributed by atoms with Crippen molar-refractivity contribution in [3.05, 3.63) is 60.2 Å². The van der Waals surface area contributed by atoms with Crippen molar-refractivity contribution in [2.45, 2.75) is 25.9 Å². The molecule has 2 rings (SSSR count). The Kier molecular flexibility index (Phi) is 6.82. The molecule has 3 amide bonds. The lowest BCUT2D eigenvalue weighted by atomic mass is 10.0. The molecule has 0 spiro atoms. The normalized spacial score (nSPS) is 11.3. The minimum absolute atomic E-state index is 0.0479. The lowest BCUT2D eigenvalue weighted by molar-refractivity contribution is -0.154. The Morgan fingerprint density at radius 1 is 0.926 bits per heavy atom. The van der Waals surface area contributed by atoms with Crippen LogP contribution < -0.4 is 11.1 Å². The maximum absolute atomic E-state index is 12.2. The number of primary amides is 1. The van der Waals surface area contributed by atoms with E-state index in [2.05, 4.69) is 0 Å². The van der Waals surface area contributed by atoms with Crippen LogP contribution in [0.4, 0.5) is 4.79 Å². The van der Waals surface area contributed by atoms with E-state index in [1.165, 1.54) is 6.92 Å². The molecule has 0 aliphatic heterocycles. The molecule has 0 saturated heterocycles. The van der Waals surface area contributed by atoms with Gasteiger partial charge < -0.3 is 10.5 Å². The molecular weight excluding hydrogens is 348 g/mol. The summed E-state index contributed by atoms with van der Waals surface area (Å²) in [6.45, 7) is 1.31. The Hall–Kier alpha value is -3.48. The van der Waals surface area contributed by atoms with Crippen molar-refractivity contribution < 1.29 is 23.9 Å². The number of hydrogen-bond donors (Lipinski definition) is 2. The molecule has 7 nitrogen and oxygen atoms in total. The van der Waals surface area contributed by atoms with Gasteiger partial charge in [-0.25, -0.2) is 4.79 Å². The number of imide groups is 1. The van der Waals surface area contributed by atoms with E-state index in [-0.39, 0.29) is 18.6 Å². The number of nitrogens with one attached hydrogen (secondary N) is 1. The minimum atomic E-state index is -1.18. The highest BCUT2D eigenvalue weighted by molar-refractivity contribution is 5.98. The average Bonchev–Trinajstić information content (AvgIpc) is 2.66. The first-order chi connectivity index (χ1) is 12.9. The highest BCUT2D eigenvalue weighted by atomic mass is 16.5. The molecule has 0 aliphatic rings. The maximum atomic E-state index is 12.2. The first-order valence-electron chi connectivity index (χ1n) is 8.35. The van der Waals surface area contributed by atoms with E-state index in [0.717, 1.165) is 11.1 Å². The van der Waals surface area contributed by atoms with Gasteiger partial charge in [-0.1, -0.05) is 54.6 Å². The molecular formula is C20H20N2O5. The topological polar surface area (TPSA) is 116 Å². The number of Topliss-reactive ketones (excluding diaryl/α,β-unsaturated/α-hetero) is 1. The molecule has 0 unspecified atom stereocenters. The molecule has 2 aromatic carbocycles. The summed E-state index contributed by atoms with van der Waals surface area (Å²) in [6.07, 6.45) is -1.40. The zero-order valence-electron chi connectivity index (χ0n) is 14.8. The fraction of sp³-hybridized carbons (Fsp3) is 0.200. The van der Waals surface area contributed by atoms with Crippen LogP contribution in [0.5, 0.6) is 0 Å². The molecule has 1 atom stereocenters. The van der Waals surface area contributed by atoms with Crippen LogP contribution in [0.15, 0.2) is 54.6 Å². The van der Waals surface area contributed by atoms with Crippen LogP contribution in [0.2, 0.25) is 0 Å². The fourth-order valence-corrected chi connectivity index (χ4v) is 2.37. The van der Waals surface area contributed by atoms with Gasteiger partial charge in [-0.2, -0.15) is 0 Å². The molecule has 0 aliphatic carbocycles. The van der Waals surface area contributed by atoms with E-state index in [0.29, 0.717) is 5.56 Å². The molecule has 0 radical (unpaired) electrons. The van der Waals surface area contributed by atoms with E-state index in [4.69, 9.17) is 10.5 Å². The number of carbonyl (C=O) groups is 4. The number of benzene rings is 2. The summed E-state index contributed by atoms with van der Waals surface area (Å²) in [4.78, 5) is 46.0. The van der Waals surface area contributed by atoms with Gasteiger partial charge in [0.1, 0.15) is 0 Å². The number of ether oxygens (including phenoxy) is 1. The van der Waals surface area contributed by atoms with Crippen molar-refractivity contribution in [1.82, 2.24) is 5.32 Å². The summed E-state index contributed by atoms with van der Waals surface area (Å²) in [5, 5.41) is 1.81. The van der Waals surface area contributed by atoms with E-state index >= 15 is 0 Å². The third-order valence-electron chi connectivity index (χ3n) is 3.79. The van der Waals surface area contributed by atoms with E-state index in [1.807, 2.05) is 47.8 Å². The van der Waals surface area contributed by atoms with Gasteiger partial charge >= 0.3 is 12.0 Å². The van der Waals surface area contributed by atoms with E-state index in [9.17, 15) is 19.2 Å². The summed E-state index contributed by atoms with van der Waals surface area (Å²) >= 11 is 0. The molecule has 0 fully saturated rings. The van der Waals surface area contributed by atoms with Crippen LogP contribution in [-0.2, 0) is 14.3 Å². The van der Waals surface area contributed by atoms with Crippen molar-refractivity contribution in [2.24, 2.45) is 5.73 Å². The van der Waals surface area contributed by atoms with Crippen molar-refractivity contribution in [1.29, 1.82) is 0 Å². The molecule has 7 heteroatoms. The Morgan fingerprint density at radius 3 is 2.11 bits per heavy atom. The number of carbonyl (C=O) groups excluding carboxylic acids is 4. The molecule has 2 aromatic rings. The zero-order valence-corrected chi connectivity index (χ0v) is 14.8. The number of amides is 3. The van der Waals surface area contributed by atoms with Gasteiger partial charge in [0.2, 0.25) is 0 Å². The second-order valence-electron chi connectivity index (χ2n) is 5.85. The Labute approximate surface area is 156 Å². The second kappa shape index (κ2) is 9.28. The average molecular weight is 368 g/mol. The zero-order chi connectivity index (χ0) is 19.8. The predicted molar refractivity (Wildman–Crippen MR) is 98.7 cm³/mol. The largest absolute Gasteiger partial charge is 0.453 e. The monoisotopic (exact) mass is 368 g/mol. The van der Waals surface area contributed by atoms with Gasteiger partial charge in [-0.3, -0.25) is 19.7 Å². The Balaban J connectivity index is 1.85. The standard InChI is InChI=1S/C20H20N2O5/c1-13(19(25)22-20(21)26)27-18(24)12-11-17(23)16-9-7-15(8-10-16)14-5-3-2-4-6-14/h2-10,13H,11-12H2,1H3,(H3,21,22,25,26)/t13-/m0/s1. The van der Waals surface area contributed by atoms with Crippen LogP contribution >= 0.6 is 0 Å². The van der Waals surface area contributed by atoms with Crippen molar-refractivity contribution in [3.8, 4) is 11.1 Å². The van der Waals surface area contributed by atoms with Crippen LogP contribution in [-0.4, -0.2) is 29.8 Å². The highest BCUT2D eigenvalue weighted by Crippen LogP contribution is 2.20. The number of esters is 1. The Morgan fingerprint density at radius 2 is 1.52 bits per heavy atom. The molecule has 0 bridgehead atoms. The fourth-order valence-electron chi connectivity index (χ4n) is 2.37. The van der Waals surface area contributed by atoms with Gasteiger partial charge in [0.05, 0.1) is 6.42 Å². The second-order valence-corrected chi connectivity index (χ2v) is 5.85. The molecule has 0 aromatic heterocycles. The first-order valence-corrected chi connectivity index (χ1v) is 8.35. The van der Waals surface area contributed by atoms with Gasteiger partial charge in [0.25, 0.3) is 5.91 Å². The first kappa shape index (κ1) is 19.8. The van der Waals surface area contributed by atoms with Gasteiger partial charge in [-0.15, -0.1) is 0 Å². The van der Waals surface area contributed by atoms with E-state index < -0.39 is 24.0 Å². The lowest BCUT2D eigenvalue weighted by Crippen LogP contribution is -2.42. The summed E-state index contributed by atoms with van der Waals surface area (Å²) < 4.78 is 4.87. The van der Waals surface area contributed by atoms with Gasteiger partial charge in [-0.05, 0) is 18.1 Å². The molecule has 0 saturated carbocycles. The third-order valence-corrected chi connectivity index (χ3v) is 3.79. The third kappa shape index (κ3) is 6.07. The van der Waals surface area contributed by atoms with Gasteiger partial charge in [0, 0.05) is 12.0 Å². The van der Waals surface area contributed by atoms with Crippen LogP contribution in [0.25, 0.3) is 11.1 Å². The number of rotatable bonds is 7. The summed E-state index contributed by atoms with van der Waals surface area (Å²) in [7, 11) is 0.